The Morgan fingerprint density at radius 2 is 2.08 bits per heavy atom. The molecule has 0 bridgehead atoms. The number of hydrazine groups is 1. The van der Waals surface area contributed by atoms with Crippen LogP contribution in [0.5, 0.6) is 0 Å². The van der Waals surface area contributed by atoms with Crippen LogP contribution in [0.3, 0.4) is 0 Å². The summed E-state index contributed by atoms with van der Waals surface area (Å²) in [7, 11) is 1.71. The Balaban J connectivity index is 1.98. The van der Waals surface area contributed by atoms with Crippen molar-refractivity contribution in [2.75, 3.05) is 7.05 Å². The summed E-state index contributed by atoms with van der Waals surface area (Å²) in [5.74, 6) is 0. The Bertz CT molecular complexity index is 1010. The van der Waals surface area contributed by atoms with Crippen LogP contribution in [0.15, 0.2) is 16.9 Å². The highest BCUT2D eigenvalue weighted by Gasteiger charge is 2.34. The van der Waals surface area contributed by atoms with Crippen molar-refractivity contribution in [3.63, 3.8) is 0 Å². The second-order valence-corrected chi connectivity index (χ2v) is 6.99. The van der Waals surface area contributed by atoms with Crippen LogP contribution in [0.1, 0.15) is 22.0 Å². The highest BCUT2D eigenvalue weighted by Crippen LogP contribution is 2.30. The molecule has 0 amide bonds. The molecule has 3 aromatic heterocycles. The van der Waals surface area contributed by atoms with Gasteiger partial charge in [0.15, 0.2) is 10.7 Å². The fraction of sp³-hybridized carbons (Fsp3) is 0.357. The summed E-state index contributed by atoms with van der Waals surface area (Å²) in [5, 5.41) is 3.27. The number of rotatable bonds is 5. The van der Waals surface area contributed by atoms with Gasteiger partial charge in [0.2, 0.25) is 0 Å². The fourth-order valence-electron chi connectivity index (χ4n) is 2.43. The highest BCUT2D eigenvalue weighted by atomic mass is 35.5. The second kappa shape index (κ2) is 6.99. The quantitative estimate of drug-likeness (QED) is 0.635. The predicted octanol–water partition coefficient (Wildman–Crippen LogP) is 2.21. The molecule has 0 saturated carbocycles. The second-order valence-electron chi connectivity index (χ2n) is 5.42. The zero-order valence-electron chi connectivity index (χ0n) is 13.7. The van der Waals surface area contributed by atoms with Crippen LogP contribution in [0, 0.1) is 6.92 Å². The molecular formula is C14H14ClF3N6OS. The van der Waals surface area contributed by atoms with Crippen LogP contribution >= 0.6 is 22.9 Å². The van der Waals surface area contributed by atoms with E-state index in [1.807, 2.05) is 6.92 Å². The van der Waals surface area contributed by atoms with Crippen LogP contribution in [0.25, 0.3) is 4.96 Å². The van der Waals surface area contributed by atoms with Crippen molar-refractivity contribution < 1.29 is 13.2 Å². The van der Waals surface area contributed by atoms with Gasteiger partial charge >= 0.3 is 6.18 Å². The van der Waals surface area contributed by atoms with Crippen molar-refractivity contribution >= 4 is 27.9 Å². The van der Waals surface area contributed by atoms with E-state index >= 15 is 0 Å². The van der Waals surface area contributed by atoms with E-state index in [0.29, 0.717) is 11.5 Å². The normalized spacial score (nSPS) is 12.2. The van der Waals surface area contributed by atoms with Crippen molar-refractivity contribution in [3.8, 4) is 0 Å². The Kier molecular flexibility index (Phi) is 5.06. The lowest BCUT2D eigenvalue weighted by Gasteiger charge is -2.06. The summed E-state index contributed by atoms with van der Waals surface area (Å²) < 4.78 is 40.6. The molecule has 0 aromatic carbocycles. The Labute approximate surface area is 154 Å². The van der Waals surface area contributed by atoms with Crippen LogP contribution in [0.2, 0.25) is 5.15 Å². The zero-order chi connectivity index (χ0) is 19.1. The van der Waals surface area contributed by atoms with Gasteiger partial charge in [-0.2, -0.15) is 18.3 Å². The number of nitrogens with zero attached hydrogens (tertiary/aromatic N) is 4. The smallest absolute Gasteiger partial charge is 0.269 e. The summed E-state index contributed by atoms with van der Waals surface area (Å²) in [4.78, 5) is 18.2. The summed E-state index contributed by atoms with van der Waals surface area (Å²) >= 11 is 7.15. The van der Waals surface area contributed by atoms with Gasteiger partial charge in [-0.3, -0.25) is 20.0 Å². The lowest BCUT2D eigenvalue weighted by Crippen LogP contribution is -2.29. The van der Waals surface area contributed by atoms with Crippen LogP contribution in [0.4, 0.5) is 13.2 Å². The Hall–Kier alpha value is -1.95. The highest BCUT2D eigenvalue weighted by molar-refractivity contribution is 7.17. The van der Waals surface area contributed by atoms with Gasteiger partial charge in [-0.25, -0.2) is 9.67 Å². The minimum Gasteiger partial charge on any atom is -0.269 e. The lowest BCUT2D eigenvalue weighted by molar-refractivity contribution is -0.141. The molecule has 0 fully saturated rings. The molecule has 3 aromatic rings. The number of hydrogen-bond donors (Lipinski definition) is 2. The minimum absolute atomic E-state index is 0.137. The molecule has 3 heterocycles. The molecule has 0 aliphatic carbocycles. The monoisotopic (exact) mass is 406 g/mol. The number of aromatic nitrogens is 4. The Morgan fingerprint density at radius 1 is 1.35 bits per heavy atom. The molecule has 0 unspecified atom stereocenters. The lowest BCUT2D eigenvalue weighted by atomic mass is 10.3. The molecule has 140 valence electrons. The van der Waals surface area contributed by atoms with E-state index in [9.17, 15) is 18.0 Å². The van der Waals surface area contributed by atoms with Gasteiger partial charge in [0, 0.05) is 17.0 Å². The topological polar surface area (TPSA) is 76.2 Å². The van der Waals surface area contributed by atoms with E-state index in [1.54, 1.807) is 7.05 Å². The van der Waals surface area contributed by atoms with E-state index in [-0.39, 0.29) is 23.0 Å². The molecular weight excluding hydrogens is 393 g/mol. The number of aryl methyl sites for hydroxylation is 1. The van der Waals surface area contributed by atoms with Gasteiger partial charge in [0.25, 0.3) is 5.56 Å². The molecule has 0 aliphatic rings. The third-order valence-corrected chi connectivity index (χ3v) is 4.93. The molecule has 7 nitrogen and oxygen atoms in total. The third kappa shape index (κ3) is 3.61. The van der Waals surface area contributed by atoms with E-state index in [1.165, 1.54) is 21.8 Å². The maximum Gasteiger partial charge on any atom is 0.435 e. The van der Waals surface area contributed by atoms with E-state index < -0.39 is 11.9 Å². The van der Waals surface area contributed by atoms with Crippen molar-refractivity contribution in [1.29, 1.82) is 0 Å². The SMILES string of the molecule is CNNCc1c(C)sc2nc(Cn3nc(C(F)(F)F)cc3Cl)cc(=O)n12. The van der Waals surface area contributed by atoms with Crippen molar-refractivity contribution in [2.24, 2.45) is 0 Å². The molecule has 0 radical (unpaired) electrons. The number of hydrogen-bond acceptors (Lipinski definition) is 6. The van der Waals surface area contributed by atoms with Gasteiger partial charge in [0.1, 0.15) is 5.15 Å². The number of fused-ring (bicyclic) bond motifs is 1. The molecule has 3 rings (SSSR count). The summed E-state index contributed by atoms with van der Waals surface area (Å²) in [6, 6.07) is 2.01. The first kappa shape index (κ1) is 18.8. The van der Waals surface area contributed by atoms with Gasteiger partial charge < -0.3 is 0 Å². The first-order valence-corrected chi connectivity index (χ1v) is 8.61. The van der Waals surface area contributed by atoms with Gasteiger partial charge in [-0.15, -0.1) is 11.3 Å². The standard InChI is InChI=1S/C14H14ClF3N6OS/c1-7-9(5-20-19-2)24-12(25)3-8(21-13(24)26-7)6-23-11(15)4-10(22-23)14(16,17)18/h3-4,19-20H,5-6H2,1-2H3. The van der Waals surface area contributed by atoms with E-state index in [4.69, 9.17) is 11.6 Å². The van der Waals surface area contributed by atoms with E-state index in [0.717, 1.165) is 21.3 Å². The van der Waals surface area contributed by atoms with Crippen LogP contribution in [-0.2, 0) is 19.3 Å². The van der Waals surface area contributed by atoms with Crippen molar-refractivity contribution in [3.05, 3.63) is 49.6 Å². The average molecular weight is 407 g/mol. The molecule has 0 aliphatic heterocycles. The minimum atomic E-state index is -4.59. The maximum atomic E-state index is 12.7. The van der Waals surface area contributed by atoms with Crippen molar-refractivity contribution in [1.82, 2.24) is 30.0 Å². The first-order chi connectivity index (χ1) is 12.2. The van der Waals surface area contributed by atoms with Crippen LogP contribution in [-0.4, -0.2) is 26.2 Å². The van der Waals surface area contributed by atoms with Crippen LogP contribution < -0.4 is 16.4 Å². The molecule has 0 saturated heterocycles. The van der Waals surface area contributed by atoms with Gasteiger partial charge in [-0.05, 0) is 14.0 Å². The van der Waals surface area contributed by atoms with Gasteiger partial charge in [0.05, 0.1) is 24.5 Å². The number of halogens is 4. The largest absolute Gasteiger partial charge is 0.435 e. The average Bonchev–Trinajstić information content (AvgIpc) is 3.05. The molecule has 12 heteroatoms. The predicted molar refractivity (Wildman–Crippen MR) is 91.3 cm³/mol. The first-order valence-electron chi connectivity index (χ1n) is 7.42. The zero-order valence-corrected chi connectivity index (χ0v) is 15.3. The summed E-state index contributed by atoms with van der Waals surface area (Å²) in [6.07, 6.45) is -4.59. The number of nitrogens with one attached hydrogen (secondary N) is 2. The third-order valence-electron chi connectivity index (χ3n) is 3.63. The maximum absolute atomic E-state index is 12.7. The molecule has 0 atom stereocenters. The molecule has 26 heavy (non-hydrogen) atoms. The fourth-order valence-corrected chi connectivity index (χ4v) is 3.64. The molecule has 2 N–H and O–H groups in total. The summed E-state index contributed by atoms with van der Waals surface area (Å²) in [5.41, 5.74) is 5.34. The Morgan fingerprint density at radius 3 is 2.69 bits per heavy atom. The number of thiazole rings is 1. The van der Waals surface area contributed by atoms with Crippen molar-refractivity contribution in [2.45, 2.75) is 26.2 Å². The van der Waals surface area contributed by atoms with Gasteiger partial charge in [-0.1, -0.05) is 11.6 Å². The molecule has 0 spiro atoms. The summed E-state index contributed by atoms with van der Waals surface area (Å²) in [6.45, 7) is 2.15. The van der Waals surface area contributed by atoms with E-state index in [2.05, 4.69) is 20.9 Å². The number of alkyl halides is 3.